The lowest BCUT2D eigenvalue weighted by Crippen LogP contribution is -2.44. The minimum atomic E-state index is 0.0247. The first-order valence-electron chi connectivity index (χ1n) is 11.1. The molecular weight excluding hydrogens is 440 g/mol. The molecule has 170 valence electrons. The van der Waals surface area contributed by atoms with E-state index < -0.39 is 0 Å². The van der Waals surface area contributed by atoms with E-state index in [2.05, 4.69) is 25.5 Å². The van der Waals surface area contributed by atoms with Crippen LogP contribution in [0.25, 0.3) is 21.1 Å². The second kappa shape index (κ2) is 8.27. The summed E-state index contributed by atoms with van der Waals surface area (Å²) in [5.41, 5.74) is 2.99. The Kier molecular flexibility index (Phi) is 5.11. The number of hydrogen-bond acceptors (Lipinski definition) is 8. The maximum atomic E-state index is 13.1. The van der Waals surface area contributed by atoms with Crippen LogP contribution in [0.5, 0.6) is 5.75 Å². The molecule has 33 heavy (non-hydrogen) atoms. The summed E-state index contributed by atoms with van der Waals surface area (Å²) in [5, 5.41) is 12.6. The Labute approximate surface area is 194 Å². The second-order valence-corrected chi connectivity index (χ2v) is 9.50. The molecule has 1 atom stereocenters. The van der Waals surface area contributed by atoms with E-state index in [4.69, 9.17) is 9.47 Å². The highest BCUT2D eigenvalue weighted by molar-refractivity contribution is 7.19. The molecule has 10 heteroatoms. The summed E-state index contributed by atoms with van der Waals surface area (Å²) >= 11 is 1.67. The van der Waals surface area contributed by atoms with Crippen LogP contribution in [0.3, 0.4) is 0 Å². The van der Waals surface area contributed by atoms with Crippen molar-refractivity contribution in [2.45, 2.75) is 19.3 Å². The van der Waals surface area contributed by atoms with Crippen molar-refractivity contribution in [1.82, 2.24) is 25.1 Å². The Morgan fingerprint density at radius 1 is 1.30 bits per heavy atom. The van der Waals surface area contributed by atoms with E-state index >= 15 is 0 Å². The van der Waals surface area contributed by atoms with Crippen LogP contribution in [-0.4, -0.2) is 64.4 Å². The van der Waals surface area contributed by atoms with Gasteiger partial charge in [-0.1, -0.05) is 0 Å². The number of H-pyrrole nitrogens is 1. The molecule has 6 rings (SSSR count). The van der Waals surface area contributed by atoms with Crippen LogP contribution in [0.4, 0.5) is 11.5 Å². The normalized spacial score (nSPS) is 18.5. The van der Waals surface area contributed by atoms with Crippen LogP contribution in [-0.2, 0) is 22.4 Å². The molecule has 9 nitrogen and oxygen atoms in total. The number of amides is 1. The van der Waals surface area contributed by atoms with Crippen molar-refractivity contribution in [3.8, 4) is 5.75 Å². The standard InChI is InChI=1S/C23H24N6O3S/c1-31-18-10-16-14(11-26-28-16)8-17(18)27-21-20-15-3-2-13(23(30)29-4-6-32-7-5-29)9-19(15)33-22(20)25-12-24-21/h8,10-13H,2-7,9H2,1H3,(H,26,28)(H,24,25,27)/t13-/m1/s1. The lowest BCUT2D eigenvalue weighted by Gasteiger charge is -2.31. The third-order valence-corrected chi connectivity index (χ3v) is 7.69. The van der Waals surface area contributed by atoms with Crippen LogP contribution in [0.2, 0.25) is 0 Å². The van der Waals surface area contributed by atoms with Crippen LogP contribution >= 0.6 is 11.3 Å². The van der Waals surface area contributed by atoms with Crippen molar-refractivity contribution in [2.75, 3.05) is 38.7 Å². The van der Waals surface area contributed by atoms with Gasteiger partial charge in [-0.05, 0) is 30.9 Å². The SMILES string of the molecule is COc1cc2[nH]ncc2cc1Nc1ncnc2sc3c(c12)CC[C@@H](C(=O)N1CCOCC1)C3. The van der Waals surface area contributed by atoms with Gasteiger partial charge in [-0.25, -0.2) is 9.97 Å². The number of rotatable bonds is 4. The van der Waals surface area contributed by atoms with Crippen molar-refractivity contribution < 1.29 is 14.3 Å². The topological polar surface area (TPSA) is 105 Å². The van der Waals surface area contributed by atoms with Gasteiger partial charge in [0.25, 0.3) is 0 Å². The first-order valence-corrected chi connectivity index (χ1v) is 11.9. The monoisotopic (exact) mass is 464 g/mol. The number of carbonyl (C=O) groups excluding carboxylic acids is 1. The highest BCUT2D eigenvalue weighted by Crippen LogP contribution is 2.42. The number of anilines is 2. The molecule has 1 amide bonds. The van der Waals surface area contributed by atoms with Crippen LogP contribution in [0.1, 0.15) is 16.9 Å². The Balaban J connectivity index is 1.32. The molecule has 2 aliphatic rings. The van der Waals surface area contributed by atoms with Crippen molar-refractivity contribution >= 4 is 49.9 Å². The molecule has 0 radical (unpaired) electrons. The van der Waals surface area contributed by atoms with E-state index in [0.717, 1.165) is 51.9 Å². The van der Waals surface area contributed by atoms with Crippen molar-refractivity contribution in [3.63, 3.8) is 0 Å². The van der Waals surface area contributed by atoms with Gasteiger partial charge in [-0.15, -0.1) is 11.3 Å². The third-order valence-electron chi connectivity index (χ3n) is 6.53. The van der Waals surface area contributed by atoms with Gasteiger partial charge in [0.2, 0.25) is 5.91 Å². The van der Waals surface area contributed by atoms with E-state index in [9.17, 15) is 4.79 Å². The Hall–Kier alpha value is -3.24. The van der Waals surface area contributed by atoms with E-state index in [1.807, 2.05) is 17.0 Å². The molecule has 1 saturated heterocycles. The minimum absolute atomic E-state index is 0.0247. The molecule has 3 aromatic heterocycles. The number of nitrogens with one attached hydrogen (secondary N) is 2. The molecule has 1 fully saturated rings. The number of benzene rings is 1. The molecule has 1 aromatic carbocycles. The fourth-order valence-corrected chi connectivity index (χ4v) is 6.09. The number of aryl methyl sites for hydroxylation is 1. The van der Waals surface area contributed by atoms with Gasteiger partial charge >= 0.3 is 0 Å². The van der Waals surface area contributed by atoms with Crippen LogP contribution in [0.15, 0.2) is 24.7 Å². The number of aromatic amines is 1. The quantitative estimate of drug-likeness (QED) is 0.477. The number of thiophene rings is 1. The summed E-state index contributed by atoms with van der Waals surface area (Å²) in [6.07, 6.45) is 5.82. The molecule has 0 spiro atoms. The Morgan fingerprint density at radius 3 is 3.03 bits per heavy atom. The average Bonchev–Trinajstić information content (AvgIpc) is 3.47. The van der Waals surface area contributed by atoms with Gasteiger partial charge in [-0.3, -0.25) is 9.89 Å². The maximum absolute atomic E-state index is 13.1. The summed E-state index contributed by atoms with van der Waals surface area (Å²) in [5.74, 6) is 1.75. The molecule has 4 heterocycles. The lowest BCUT2D eigenvalue weighted by atomic mass is 9.86. The molecule has 2 N–H and O–H groups in total. The fourth-order valence-electron chi connectivity index (χ4n) is 4.82. The van der Waals surface area contributed by atoms with E-state index in [1.54, 1.807) is 31.0 Å². The Morgan fingerprint density at radius 2 is 2.18 bits per heavy atom. The van der Waals surface area contributed by atoms with Gasteiger partial charge < -0.3 is 19.7 Å². The fraction of sp³-hybridized carbons (Fsp3) is 0.391. The summed E-state index contributed by atoms with van der Waals surface area (Å²) in [7, 11) is 1.65. The molecule has 0 saturated carbocycles. The number of fused-ring (bicyclic) bond motifs is 4. The van der Waals surface area contributed by atoms with Crippen molar-refractivity contribution in [2.24, 2.45) is 5.92 Å². The van der Waals surface area contributed by atoms with Gasteiger partial charge in [0, 0.05) is 35.3 Å². The van der Waals surface area contributed by atoms with Gasteiger partial charge in [0.1, 0.15) is 22.7 Å². The average molecular weight is 465 g/mol. The van der Waals surface area contributed by atoms with E-state index in [0.29, 0.717) is 32.1 Å². The second-order valence-electron chi connectivity index (χ2n) is 8.42. The van der Waals surface area contributed by atoms with Crippen molar-refractivity contribution in [3.05, 3.63) is 35.1 Å². The van der Waals surface area contributed by atoms with E-state index in [-0.39, 0.29) is 11.8 Å². The molecule has 4 aromatic rings. The number of aromatic nitrogens is 4. The predicted octanol–water partition coefficient (Wildman–Crippen LogP) is 3.28. The summed E-state index contributed by atoms with van der Waals surface area (Å²) in [6, 6.07) is 3.93. The largest absolute Gasteiger partial charge is 0.494 e. The number of carbonyl (C=O) groups is 1. The smallest absolute Gasteiger partial charge is 0.226 e. The van der Waals surface area contributed by atoms with Crippen LogP contribution in [0, 0.1) is 5.92 Å². The first kappa shape index (κ1) is 20.4. The zero-order valence-electron chi connectivity index (χ0n) is 18.3. The zero-order valence-corrected chi connectivity index (χ0v) is 19.1. The summed E-state index contributed by atoms with van der Waals surface area (Å²) in [6.45, 7) is 2.64. The molecule has 0 bridgehead atoms. The minimum Gasteiger partial charge on any atom is -0.494 e. The molecule has 1 aliphatic carbocycles. The predicted molar refractivity (Wildman–Crippen MR) is 126 cm³/mol. The molecule has 1 aliphatic heterocycles. The number of hydrogen-bond donors (Lipinski definition) is 2. The third kappa shape index (κ3) is 3.59. The maximum Gasteiger partial charge on any atom is 0.226 e. The van der Waals surface area contributed by atoms with Crippen LogP contribution < -0.4 is 10.1 Å². The number of morpholine rings is 1. The molecular formula is C23H24N6O3S. The van der Waals surface area contributed by atoms with E-state index in [1.165, 1.54) is 10.4 Å². The highest BCUT2D eigenvalue weighted by atomic mass is 32.1. The summed E-state index contributed by atoms with van der Waals surface area (Å²) in [4.78, 5) is 26.3. The van der Waals surface area contributed by atoms with Gasteiger partial charge in [-0.2, -0.15) is 5.10 Å². The van der Waals surface area contributed by atoms with Crippen molar-refractivity contribution in [1.29, 1.82) is 0 Å². The zero-order chi connectivity index (χ0) is 22.4. The summed E-state index contributed by atoms with van der Waals surface area (Å²) < 4.78 is 11.0. The van der Waals surface area contributed by atoms with Gasteiger partial charge in [0.15, 0.2) is 0 Å². The lowest BCUT2D eigenvalue weighted by molar-refractivity contribution is -0.140. The molecule has 0 unspecified atom stereocenters. The highest BCUT2D eigenvalue weighted by Gasteiger charge is 2.32. The number of methoxy groups -OCH3 is 1. The Bertz CT molecular complexity index is 1340. The first-order chi connectivity index (χ1) is 16.2. The van der Waals surface area contributed by atoms with Gasteiger partial charge in [0.05, 0.1) is 43.1 Å². The number of ether oxygens (including phenoxy) is 2. The number of nitrogens with zero attached hydrogens (tertiary/aromatic N) is 4.